The minimum atomic E-state index is -0.386. The average Bonchev–Trinajstić information content (AvgIpc) is 3.27. The Kier molecular flexibility index (Phi) is 5.40. The molecule has 0 bridgehead atoms. The number of nitrogens with zero attached hydrogens (tertiary/aromatic N) is 1. The van der Waals surface area contributed by atoms with Crippen LogP contribution in [-0.2, 0) is 9.59 Å². The van der Waals surface area contributed by atoms with Crippen LogP contribution in [0.3, 0.4) is 0 Å². The summed E-state index contributed by atoms with van der Waals surface area (Å²) >= 11 is 6.01. The van der Waals surface area contributed by atoms with Crippen LogP contribution in [0, 0.1) is 0 Å². The van der Waals surface area contributed by atoms with Gasteiger partial charge in [0.2, 0.25) is 5.91 Å². The number of amides is 3. The first-order valence-electron chi connectivity index (χ1n) is 8.97. The minimum absolute atomic E-state index is 0.147. The predicted octanol–water partition coefficient (Wildman–Crippen LogP) is 3.55. The summed E-state index contributed by atoms with van der Waals surface area (Å²) in [5, 5.41) is 5.85. The Balaban J connectivity index is 1.39. The molecule has 0 atom stereocenters. The summed E-state index contributed by atoms with van der Waals surface area (Å²) in [6.45, 7) is -0.335. The van der Waals surface area contributed by atoms with E-state index in [1.807, 2.05) is 0 Å². The van der Waals surface area contributed by atoms with Crippen LogP contribution in [0.2, 0.25) is 5.02 Å². The predicted molar refractivity (Wildman–Crippen MR) is 111 cm³/mol. The Bertz CT molecular complexity index is 1100. The maximum absolute atomic E-state index is 12.5. The summed E-state index contributed by atoms with van der Waals surface area (Å²) < 4.78 is 10.4. The monoisotopic (exact) mass is 425 g/mol. The van der Waals surface area contributed by atoms with Crippen LogP contribution in [0.15, 0.2) is 65.3 Å². The van der Waals surface area contributed by atoms with Gasteiger partial charge in [0, 0.05) is 16.4 Å². The van der Waals surface area contributed by atoms with Crippen LogP contribution < -0.4 is 20.3 Å². The molecule has 2 aromatic carbocycles. The van der Waals surface area contributed by atoms with Gasteiger partial charge in [-0.25, -0.2) is 0 Å². The van der Waals surface area contributed by atoms with Crippen molar-refractivity contribution in [3.05, 3.63) is 71.6 Å². The molecular formula is C21H16ClN3O5. The van der Waals surface area contributed by atoms with E-state index in [-0.39, 0.29) is 36.6 Å². The normalized spacial score (nSPS) is 12.7. The molecule has 1 aliphatic heterocycles. The van der Waals surface area contributed by atoms with Crippen molar-refractivity contribution in [3.8, 4) is 5.75 Å². The largest absolute Gasteiger partial charge is 0.482 e. The molecule has 4 rings (SSSR count). The number of benzene rings is 2. The van der Waals surface area contributed by atoms with Crippen molar-refractivity contribution in [3.63, 3.8) is 0 Å². The van der Waals surface area contributed by atoms with Gasteiger partial charge >= 0.3 is 0 Å². The molecule has 0 unspecified atom stereocenters. The molecular weight excluding hydrogens is 410 g/mol. The number of anilines is 3. The number of halogens is 1. The maximum Gasteiger partial charge on any atom is 0.291 e. The molecule has 0 aliphatic carbocycles. The Morgan fingerprint density at radius 3 is 2.47 bits per heavy atom. The quantitative estimate of drug-likeness (QED) is 0.651. The van der Waals surface area contributed by atoms with Crippen molar-refractivity contribution in [1.82, 2.24) is 0 Å². The molecule has 3 aromatic rings. The minimum Gasteiger partial charge on any atom is -0.482 e. The smallest absolute Gasteiger partial charge is 0.291 e. The van der Waals surface area contributed by atoms with Crippen molar-refractivity contribution in [2.45, 2.75) is 0 Å². The fourth-order valence-corrected chi connectivity index (χ4v) is 3.10. The average molecular weight is 426 g/mol. The van der Waals surface area contributed by atoms with Gasteiger partial charge in [0.15, 0.2) is 12.4 Å². The first-order chi connectivity index (χ1) is 14.5. The van der Waals surface area contributed by atoms with Crippen LogP contribution in [0.1, 0.15) is 10.6 Å². The van der Waals surface area contributed by atoms with Crippen molar-refractivity contribution in [1.29, 1.82) is 0 Å². The van der Waals surface area contributed by atoms with Gasteiger partial charge in [0.1, 0.15) is 12.3 Å². The summed E-state index contributed by atoms with van der Waals surface area (Å²) in [4.78, 5) is 38.0. The lowest BCUT2D eigenvalue weighted by Gasteiger charge is -2.29. The molecule has 2 N–H and O–H groups in total. The molecule has 0 radical (unpaired) electrons. The van der Waals surface area contributed by atoms with Gasteiger partial charge in [-0.1, -0.05) is 11.6 Å². The highest BCUT2D eigenvalue weighted by Gasteiger charge is 2.27. The zero-order chi connectivity index (χ0) is 21.1. The van der Waals surface area contributed by atoms with Gasteiger partial charge in [-0.2, -0.15) is 0 Å². The van der Waals surface area contributed by atoms with E-state index in [2.05, 4.69) is 10.6 Å². The fraction of sp³-hybridized carbons (Fsp3) is 0.0952. The van der Waals surface area contributed by atoms with Crippen molar-refractivity contribution < 1.29 is 23.5 Å². The third-order valence-electron chi connectivity index (χ3n) is 4.34. The first-order valence-corrected chi connectivity index (χ1v) is 9.35. The number of hydrogen-bond donors (Lipinski definition) is 2. The van der Waals surface area contributed by atoms with Crippen molar-refractivity contribution in [2.75, 3.05) is 28.7 Å². The second kappa shape index (κ2) is 8.30. The molecule has 3 amide bonds. The highest BCUT2D eigenvalue weighted by Crippen LogP contribution is 2.34. The Labute approximate surface area is 176 Å². The lowest BCUT2D eigenvalue weighted by Crippen LogP contribution is -2.43. The third-order valence-corrected chi connectivity index (χ3v) is 4.57. The molecule has 2 heterocycles. The molecule has 9 heteroatoms. The van der Waals surface area contributed by atoms with E-state index in [0.717, 1.165) is 0 Å². The number of fused-ring (bicyclic) bond motifs is 1. The Morgan fingerprint density at radius 1 is 1.03 bits per heavy atom. The third kappa shape index (κ3) is 4.28. The number of ether oxygens (including phenoxy) is 1. The van der Waals surface area contributed by atoms with Gasteiger partial charge < -0.3 is 19.8 Å². The molecule has 8 nitrogen and oxygen atoms in total. The molecule has 0 saturated heterocycles. The van der Waals surface area contributed by atoms with Gasteiger partial charge in [0.05, 0.1) is 12.0 Å². The van der Waals surface area contributed by atoms with Crippen LogP contribution in [0.25, 0.3) is 0 Å². The summed E-state index contributed by atoms with van der Waals surface area (Å²) in [5.74, 6) is -0.411. The maximum atomic E-state index is 12.5. The van der Waals surface area contributed by atoms with E-state index in [9.17, 15) is 14.4 Å². The van der Waals surface area contributed by atoms with E-state index in [1.165, 1.54) is 11.2 Å². The molecule has 1 aliphatic rings. The lowest BCUT2D eigenvalue weighted by molar-refractivity contribution is -0.123. The molecule has 0 saturated carbocycles. The topological polar surface area (TPSA) is 101 Å². The molecule has 152 valence electrons. The van der Waals surface area contributed by atoms with Crippen LogP contribution in [0.5, 0.6) is 5.75 Å². The van der Waals surface area contributed by atoms with E-state index < -0.39 is 0 Å². The lowest BCUT2D eigenvalue weighted by atomic mass is 10.2. The number of furan rings is 1. The van der Waals surface area contributed by atoms with Crippen LogP contribution in [0.4, 0.5) is 17.1 Å². The van der Waals surface area contributed by atoms with E-state index in [0.29, 0.717) is 27.8 Å². The molecule has 1 aromatic heterocycles. The van der Waals surface area contributed by atoms with E-state index >= 15 is 0 Å². The second-order valence-corrected chi connectivity index (χ2v) is 6.87. The standard InChI is InChI=1S/C21H16ClN3O5/c22-13-3-8-17-16(10-13)25(20(27)12-30-17)11-19(26)23-14-4-6-15(7-5-14)24-21(28)18-2-1-9-29-18/h1-10H,11-12H2,(H,23,26)(H,24,28). The summed E-state index contributed by atoms with van der Waals surface area (Å²) in [6.07, 6.45) is 1.42. The van der Waals surface area contributed by atoms with Crippen molar-refractivity contribution >= 4 is 46.4 Å². The van der Waals surface area contributed by atoms with Crippen LogP contribution in [-0.4, -0.2) is 30.9 Å². The zero-order valence-corrected chi connectivity index (χ0v) is 16.3. The second-order valence-electron chi connectivity index (χ2n) is 6.44. The number of nitrogens with one attached hydrogen (secondary N) is 2. The van der Waals surface area contributed by atoms with Gasteiger partial charge in [-0.15, -0.1) is 0 Å². The van der Waals surface area contributed by atoms with Crippen molar-refractivity contribution in [2.24, 2.45) is 0 Å². The fourth-order valence-electron chi connectivity index (χ4n) is 2.93. The zero-order valence-electron chi connectivity index (χ0n) is 15.6. The van der Waals surface area contributed by atoms with Gasteiger partial charge in [-0.05, 0) is 54.6 Å². The molecule has 30 heavy (non-hydrogen) atoms. The van der Waals surface area contributed by atoms with Gasteiger partial charge in [-0.3, -0.25) is 19.3 Å². The highest BCUT2D eigenvalue weighted by molar-refractivity contribution is 6.31. The highest BCUT2D eigenvalue weighted by atomic mass is 35.5. The van der Waals surface area contributed by atoms with E-state index in [1.54, 1.807) is 54.6 Å². The van der Waals surface area contributed by atoms with Crippen LogP contribution >= 0.6 is 11.6 Å². The van der Waals surface area contributed by atoms with E-state index in [4.69, 9.17) is 20.8 Å². The Hall–Kier alpha value is -3.78. The summed E-state index contributed by atoms with van der Waals surface area (Å²) in [5.41, 5.74) is 1.51. The number of carbonyl (C=O) groups excluding carboxylic acids is 3. The first kappa shape index (κ1) is 19.5. The Morgan fingerprint density at radius 2 is 1.77 bits per heavy atom. The summed E-state index contributed by atoms with van der Waals surface area (Å²) in [6, 6.07) is 14.6. The SMILES string of the molecule is O=C(CN1C(=O)COc2ccc(Cl)cc21)Nc1ccc(NC(=O)c2ccco2)cc1. The summed E-state index contributed by atoms with van der Waals surface area (Å²) in [7, 11) is 0. The molecule has 0 spiro atoms. The number of carbonyl (C=O) groups is 3. The number of rotatable bonds is 5. The molecule has 0 fully saturated rings. The number of hydrogen-bond acceptors (Lipinski definition) is 5. The van der Waals surface area contributed by atoms with Gasteiger partial charge in [0.25, 0.3) is 11.8 Å².